The van der Waals surface area contributed by atoms with E-state index >= 15 is 0 Å². The fraction of sp³-hybridized carbons (Fsp3) is 0.733. The van der Waals surface area contributed by atoms with Crippen LogP contribution in [0.3, 0.4) is 0 Å². The summed E-state index contributed by atoms with van der Waals surface area (Å²) in [6.45, 7) is 9.22. The van der Waals surface area contributed by atoms with Crippen LogP contribution in [0.15, 0.2) is 10.3 Å². The minimum atomic E-state index is -3.43. The Labute approximate surface area is 132 Å². The molecule has 2 N–H and O–H groups in total. The zero-order chi connectivity index (χ0) is 15.7. The van der Waals surface area contributed by atoms with E-state index in [4.69, 9.17) is 0 Å². The molecule has 0 saturated heterocycles. The smallest absolute Gasteiger partial charge is 0.242 e. The quantitative estimate of drug-likeness (QED) is 0.770. The van der Waals surface area contributed by atoms with E-state index in [1.807, 2.05) is 12.3 Å². The van der Waals surface area contributed by atoms with Gasteiger partial charge in [-0.05, 0) is 42.5 Å². The third-order valence-electron chi connectivity index (χ3n) is 4.08. The highest BCUT2D eigenvalue weighted by Gasteiger charge is 2.27. The van der Waals surface area contributed by atoms with Crippen molar-refractivity contribution in [1.29, 1.82) is 0 Å². The van der Waals surface area contributed by atoms with E-state index in [0.29, 0.717) is 24.0 Å². The molecule has 0 aliphatic heterocycles. The first-order valence-corrected chi connectivity index (χ1v) is 9.91. The summed E-state index contributed by atoms with van der Waals surface area (Å²) >= 11 is 1.53. The Morgan fingerprint density at radius 3 is 2.62 bits per heavy atom. The van der Waals surface area contributed by atoms with Gasteiger partial charge in [0.05, 0.1) is 0 Å². The highest BCUT2D eigenvalue weighted by atomic mass is 32.2. The zero-order valence-corrected chi connectivity index (χ0v) is 15.0. The predicted molar refractivity (Wildman–Crippen MR) is 88.2 cm³/mol. The average molecular weight is 331 g/mol. The molecule has 1 aromatic heterocycles. The topological polar surface area (TPSA) is 58.2 Å². The maximum Gasteiger partial charge on any atom is 0.242 e. The number of hydrogen-bond acceptors (Lipinski definition) is 4. The molecular weight excluding hydrogens is 304 g/mol. The minimum absolute atomic E-state index is 0.0244. The van der Waals surface area contributed by atoms with Crippen LogP contribution in [0.5, 0.6) is 0 Å². The number of nitrogens with one attached hydrogen (secondary N) is 2. The number of sulfonamides is 1. The van der Waals surface area contributed by atoms with Crippen LogP contribution in [0.25, 0.3) is 0 Å². The van der Waals surface area contributed by atoms with Crippen molar-refractivity contribution in [2.45, 2.75) is 64.4 Å². The first-order valence-electron chi connectivity index (χ1n) is 7.55. The van der Waals surface area contributed by atoms with Crippen LogP contribution in [0.4, 0.5) is 0 Å². The Kier molecular flexibility index (Phi) is 5.13. The van der Waals surface area contributed by atoms with Gasteiger partial charge >= 0.3 is 0 Å². The second kappa shape index (κ2) is 6.36. The Morgan fingerprint density at radius 1 is 1.38 bits per heavy atom. The molecule has 1 aromatic rings. The highest BCUT2D eigenvalue weighted by molar-refractivity contribution is 7.89. The molecule has 1 aliphatic carbocycles. The molecule has 0 amide bonds. The summed E-state index contributed by atoms with van der Waals surface area (Å²) in [5.41, 5.74) is 0.818. The van der Waals surface area contributed by atoms with Crippen molar-refractivity contribution < 1.29 is 8.42 Å². The summed E-state index contributed by atoms with van der Waals surface area (Å²) in [5, 5.41) is 5.33. The molecule has 0 spiro atoms. The number of thiophene rings is 1. The van der Waals surface area contributed by atoms with Gasteiger partial charge in [-0.15, -0.1) is 11.3 Å². The molecule has 2 rings (SSSR count). The van der Waals surface area contributed by atoms with Crippen molar-refractivity contribution in [2.24, 2.45) is 5.41 Å². The van der Waals surface area contributed by atoms with Crippen LogP contribution in [0.2, 0.25) is 0 Å². The second-order valence-corrected chi connectivity index (χ2v) is 9.34. The van der Waals surface area contributed by atoms with Gasteiger partial charge in [0.15, 0.2) is 0 Å². The largest absolute Gasteiger partial charge is 0.309 e. The third-order valence-corrected chi connectivity index (χ3v) is 6.95. The number of rotatable bonds is 8. The first kappa shape index (κ1) is 16.9. The molecule has 1 aliphatic rings. The molecule has 21 heavy (non-hydrogen) atoms. The standard InChI is InChI=1S/C15H26N2O2S2/c1-5-15(3,4)10-17-21(18,19)14-11(2)9-20-13(14)8-16-12-6-7-12/h9,12,16-17H,5-8,10H2,1-4H3. The van der Waals surface area contributed by atoms with E-state index < -0.39 is 10.0 Å². The Hall–Kier alpha value is -0.430. The van der Waals surface area contributed by atoms with E-state index in [0.717, 1.165) is 16.9 Å². The Morgan fingerprint density at radius 2 is 2.05 bits per heavy atom. The van der Waals surface area contributed by atoms with Gasteiger partial charge in [0.2, 0.25) is 10.0 Å². The predicted octanol–water partition coefficient (Wildman–Crippen LogP) is 3.02. The van der Waals surface area contributed by atoms with Crippen molar-refractivity contribution >= 4 is 21.4 Å². The summed E-state index contributed by atoms with van der Waals surface area (Å²) in [6.07, 6.45) is 3.35. The summed E-state index contributed by atoms with van der Waals surface area (Å²) in [7, 11) is -3.43. The van der Waals surface area contributed by atoms with Crippen LogP contribution in [-0.4, -0.2) is 21.0 Å². The van der Waals surface area contributed by atoms with Gasteiger partial charge in [0, 0.05) is 24.0 Å². The molecule has 0 bridgehead atoms. The maximum absolute atomic E-state index is 12.6. The minimum Gasteiger partial charge on any atom is -0.309 e. The molecule has 1 saturated carbocycles. The molecule has 0 atom stereocenters. The van der Waals surface area contributed by atoms with Crippen LogP contribution in [0.1, 0.15) is 50.5 Å². The average Bonchev–Trinajstić information content (AvgIpc) is 3.17. The lowest BCUT2D eigenvalue weighted by Gasteiger charge is -2.23. The van der Waals surface area contributed by atoms with Crippen LogP contribution in [0, 0.1) is 12.3 Å². The zero-order valence-electron chi connectivity index (χ0n) is 13.3. The van der Waals surface area contributed by atoms with Gasteiger partial charge in [0.1, 0.15) is 4.90 Å². The lowest BCUT2D eigenvalue weighted by atomic mass is 9.91. The molecule has 0 unspecified atom stereocenters. The van der Waals surface area contributed by atoms with Crippen molar-refractivity contribution in [1.82, 2.24) is 10.0 Å². The Bertz CT molecular complexity index is 587. The molecule has 1 heterocycles. The van der Waals surface area contributed by atoms with Crippen molar-refractivity contribution in [3.8, 4) is 0 Å². The van der Waals surface area contributed by atoms with Gasteiger partial charge in [0.25, 0.3) is 0 Å². The van der Waals surface area contributed by atoms with Crippen LogP contribution >= 0.6 is 11.3 Å². The summed E-state index contributed by atoms with van der Waals surface area (Å²) < 4.78 is 28.0. The van der Waals surface area contributed by atoms with E-state index in [-0.39, 0.29) is 5.41 Å². The highest BCUT2D eigenvalue weighted by Crippen LogP contribution is 2.29. The van der Waals surface area contributed by atoms with Gasteiger partial charge in [-0.3, -0.25) is 0 Å². The summed E-state index contributed by atoms with van der Waals surface area (Å²) in [4.78, 5) is 1.40. The first-order chi connectivity index (χ1) is 9.75. The van der Waals surface area contributed by atoms with Gasteiger partial charge in [-0.25, -0.2) is 13.1 Å². The van der Waals surface area contributed by atoms with Gasteiger partial charge in [-0.1, -0.05) is 20.8 Å². The Balaban J connectivity index is 2.12. The second-order valence-electron chi connectivity index (χ2n) is 6.67. The van der Waals surface area contributed by atoms with E-state index in [1.165, 1.54) is 24.2 Å². The monoisotopic (exact) mass is 330 g/mol. The fourth-order valence-electron chi connectivity index (χ4n) is 1.98. The molecule has 0 radical (unpaired) electrons. The number of hydrogen-bond donors (Lipinski definition) is 2. The fourth-order valence-corrected chi connectivity index (χ4v) is 4.98. The normalized spacial score (nSPS) is 16.4. The lowest BCUT2D eigenvalue weighted by molar-refractivity contribution is 0.350. The summed E-state index contributed by atoms with van der Waals surface area (Å²) in [6, 6.07) is 0.579. The third kappa shape index (κ3) is 4.52. The molecular formula is C15H26N2O2S2. The van der Waals surface area contributed by atoms with E-state index in [2.05, 4.69) is 30.8 Å². The lowest BCUT2D eigenvalue weighted by Crippen LogP contribution is -2.34. The molecule has 1 fully saturated rings. The van der Waals surface area contributed by atoms with E-state index in [1.54, 1.807) is 0 Å². The molecule has 6 heteroatoms. The van der Waals surface area contributed by atoms with Crippen LogP contribution in [-0.2, 0) is 16.6 Å². The molecule has 0 aromatic carbocycles. The van der Waals surface area contributed by atoms with Crippen molar-refractivity contribution in [3.05, 3.63) is 15.8 Å². The van der Waals surface area contributed by atoms with Gasteiger partial charge in [-0.2, -0.15) is 0 Å². The molecule has 4 nitrogen and oxygen atoms in total. The molecule has 120 valence electrons. The van der Waals surface area contributed by atoms with Gasteiger partial charge < -0.3 is 5.32 Å². The van der Waals surface area contributed by atoms with Crippen molar-refractivity contribution in [3.63, 3.8) is 0 Å². The summed E-state index contributed by atoms with van der Waals surface area (Å²) in [5.74, 6) is 0. The number of aryl methyl sites for hydroxylation is 1. The van der Waals surface area contributed by atoms with Crippen molar-refractivity contribution in [2.75, 3.05) is 6.54 Å². The van der Waals surface area contributed by atoms with Crippen LogP contribution < -0.4 is 10.0 Å². The maximum atomic E-state index is 12.6. The SMILES string of the molecule is CCC(C)(C)CNS(=O)(=O)c1c(C)csc1CNC1CC1. The van der Waals surface area contributed by atoms with E-state index in [9.17, 15) is 8.42 Å².